The summed E-state index contributed by atoms with van der Waals surface area (Å²) >= 11 is 0. The molecule has 5 amide bonds. The van der Waals surface area contributed by atoms with Crippen LogP contribution in [0, 0.1) is 0 Å². The van der Waals surface area contributed by atoms with Crippen molar-refractivity contribution in [2.75, 3.05) is 6.54 Å². The number of carboxylic acids is 3. The molecular weight excluding hydrogens is 696 g/mol. The molecule has 0 radical (unpaired) electrons. The lowest BCUT2D eigenvalue weighted by atomic mass is 10.0. The zero-order chi connectivity index (χ0) is 41.2. The average Bonchev–Trinajstić information content (AvgIpc) is 3.05. The predicted octanol–water partition coefficient (Wildman–Crippen LogP) is 0.0737. The number of amides is 5. The second-order valence-electron chi connectivity index (χ2n) is 12.7. The third-order valence-corrected chi connectivity index (χ3v) is 7.59. The van der Waals surface area contributed by atoms with Crippen LogP contribution >= 0.6 is 0 Å². The number of nitrogens with two attached hydrogens (primary N) is 6. The quantitative estimate of drug-likeness (QED) is 0.0432. The van der Waals surface area contributed by atoms with Crippen LogP contribution in [-0.2, 0) is 38.4 Å². The van der Waals surface area contributed by atoms with E-state index in [4.69, 9.17) is 49.7 Å². The molecule has 0 unspecified atom stereocenters. The van der Waals surface area contributed by atoms with Crippen molar-refractivity contribution in [3.63, 3.8) is 0 Å². The first-order valence-electron chi connectivity index (χ1n) is 18.2. The van der Waals surface area contributed by atoms with Gasteiger partial charge in [-0.25, -0.2) is 9.59 Å². The van der Waals surface area contributed by atoms with Gasteiger partial charge in [0.05, 0.1) is 31.3 Å². The van der Waals surface area contributed by atoms with E-state index in [9.17, 15) is 38.4 Å². The summed E-state index contributed by atoms with van der Waals surface area (Å²) in [7, 11) is 0. The van der Waals surface area contributed by atoms with Crippen molar-refractivity contribution in [3.8, 4) is 0 Å². The molecule has 0 aliphatic rings. The van der Waals surface area contributed by atoms with Gasteiger partial charge in [0, 0.05) is 6.42 Å². The summed E-state index contributed by atoms with van der Waals surface area (Å²) in [6, 6.07) is -4.89. The SMILES string of the molecule is CCCCCCCCCCCCCCCC(=O)O.NC(=O)C[C@H](NC(=O)[C@@H](N)CC(N)=O)C(=O)O.NCCCC[C@H](NC(=O)[C@@H](N)CC(N)=O)C(=O)O. The number of carbonyl (C=O) groups is 8. The summed E-state index contributed by atoms with van der Waals surface area (Å²) in [6.07, 6.45) is 17.5. The largest absolute Gasteiger partial charge is 0.481 e. The number of hydrogen-bond acceptors (Lipinski definition) is 11. The van der Waals surface area contributed by atoms with Crippen LogP contribution in [0.1, 0.15) is 135 Å². The van der Waals surface area contributed by atoms with Crippen molar-refractivity contribution in [2.45, 2.75) is 160 Å². The molecule has 0 aromatic rings. The highest BCUT2D eigenvalue weighted by Gasteiger charge is 2.26. The Hall–Kier alpha value is -4.36. The molecule has 19 nitrogen and oxygen atoms in total. The standard InChI is InChI=1S/C16H32O2.C10H20N4O4.C8H14N4O5/c1-2-3-4-5-6-7-8-9-10-11-12-13-14-15-16(17)18;11-4-2-1-3-7(10(17)18)14-9(16)6(12)5-8(13)15;9-3(1-5(10)13)7(15)12-4(8(16)17)2-6(11)14/h2-15H2,1H3,(H,17,18);6-7H,1-5,11-12H2,(H2,13,15)(H,14,16)(H,17,18);3-4H,1-2,9H2,(H2,10,13)(H2,11,14)(H,12,15)(H,16,17)/t;6-,7-;3-,4-/m.00/s1. The molecule has 308 valence electrons. The number of unbranched alkanes of at least 4 members (excludes halogenated alkanes) is 13. The Morgan fingerprint density at radius 3 is 1.19 bits per heavy atom. The Balaban J connectivity index is -0.000000708. The van der Waals surface area contributed by atoms with Gasteiger partial charge >= 0.3 is 17.9 Å². The van der Waals surface area contributed by atoms with Gasteiger partial charge in [-0.1, -0.05) is 84.0 Å². The maximum absolute atomic E-state index is 11.5. The molecule has 0 aliphatic heterocycles. The third-order valence-electron chi connectivity index (χ3n) is 7.59. The van der Waals surface area contributed by atoms with Gasteiger partial charge in [-0.15, -0.1) is 0 Å². The highest BCUT2D eigenvalue weighted by atomic mass is 16.4. The molecule has 0 fully saturated rings. The number of aliphatic carboxylic acids is 3. The molecule has 0 heterocycles. The zero-order valence-electron chi connectivity index (χ0n) is 31.2. The fraction of sp³-hybridized carbons (Fsp3) is 0.765. The second-order valence-corrected chi connectivity index (χ2v) is 12.7. The van der Waals surface area contributed by atoms with Gasteiger partial charge in [0.2, 0.25) is 29.5 Å². The molecule has 0 saturated carbocycles. The molecule has 0 aliphatic carbocycles. The first kappa shape index (κ1) is 53.0. The molecule has 17 N–H and O–H groups in total. The lowest BCUT2D eigenvalue weighted by molar-refractivity contribution is -0.143. The fourth-order valence-corrected chi connectivity index (χ4v) is 4.62. The summed E-state index contributed by atoms with van der Waals surface area (Å²) < 4.78 is 0. The van der Waals surface area contributed by atoms with Crippen LogP contribution in [0.3, 0.4) is 0 Å². The summed E-state index contributed by atoms with van der Waals surface area (Å²) in [5.74, 6) is -7.22. The van der Waals surface area contributed by atoms with Crippen LogP contribution in [-0.4, -0.2) is 93.5 Å². The van der Waals surface area contributed by atoms with Crippen molar-refractivity contribution in [2.24, 2.45) is 34.4 Å². The average molecular weight is 763 g/mol. The van der Waals surface area contributed by atoms with Gasteiger partial charge in [0.25, 0.3) is 0 Å². The van der Waals surface area contributed by atoms with E-state index in [-0.39, 0.29) is 12.8 Å². The van der Waals surface area contributed by atoms with E-state index in [1.54, 1.807) is 0 Å². The summed E-state index contributed by atoms with van der Waals surface area (Å²) in [5.41, 5.74) is 30.5. The number of primary amides is 3. The van der Waals surface area contributed by atoms with Gasteiger partial charge in [0.1, 0.15) is 12.1 Å². The highest BCUT2D eigenvalue weighted by molar-refractivity contribution is 5.92. The minimum Gasteiger partial charge on any atom is -0.481 e. The lowest BCUT2D eigenvalue weighted by Crippen LogP contribution is -2.50. The number of carbonyl (C=O) groups excluding carboxylic acids is 5. The number of hydrogen-bond donors (Lipinski definition) is 11. The maximum atomic E-state index is 11.5. The van der Waals surface area contributed by atoms with E-state index in [2.05, 4.69) is 12.2 Å². The Kier molecular flexibility index (Phi) is 34.7. The van der Waals surface area contributed by atoms with Gasteiger partial charge in [-0.05, 0) is 32.2 Å². The minimum absolute atomic E-state index is 0.265. The van der Waals surface area contributed by atoms with Gasteiger partial charge < -0.3 is 60.4 Å². The predicted molar refractivity (Wildman–Crippen MR) is 197 cm³/mol. The van der Waals surface area contributed by atoms with Crippen LogP contribution in [0.5, 0.6) is 0 Å². The molecule has 0 bridgehead atoms. The monoisotopic (exact) mass is 762 g/mol. The van der Waals surface area contributed by atoms with E-state index >= 15 is 0 Å². The van der Waals surface area contributed by atoms with E-state index in [1.165, 1.54) is 70.6 Å². The van der Waals surface area contributed by atoms with Crippen molar-refractivity contribution < 1.29 is 53.7 Å². The van der Waals surface area contributed by atoms with Crippen molar-refractivity contribution >= 4 is 47.4 Å². The van der Waals surface area contributed by atoms with Crippen molar-refractivity contribution in [3.05, 3.63) is 0 Å². The summed E-state index contributed by atoms with van der Waals surface area (Å²) in [5, 5.41) is 30.3. The molecule has 19 heteroatoms. The van der Waals surface area contributed by atoms with Crippen molar-refractivity contribution in [1.29, 1.82) is 0 Å². The van der Waals surface area contributed by atoms with Crippen LogP contribution in [0.25, 0.3) is 0 Å². The first-order valence-corrected chi connectivity index (χ1v) is 18.2. The number of nitrogens with one attached hydrogen (secondary N) is 2. The van der Waals surface area contributed by atoms with Crippen LogP contribution in [0.2, 0.25) is 0 Å². The zero-order valence-corrected chi connectivity index (χ0v) is 31.2. The maximum Gasteiger partial charge on any atom is 0.326 e. The molecule has 0 spiro atoms. The molecule has 0 rings (SSSR count). The summed E-state index contributed by atoms with van der Waals surface area (Å²) in [4.78, 5) is 86.3. The Labute approximate surface area is 312 Å². The Morgan fingerprint density at radius 2 is 0.868 bits per heavy atom. The molecule has 53 heavy (non-hydrogen) atoms. The van der Waals surface area contributed by atoms with E-state index < -0.39 is 84.5 Å². The highest BCUT2D eigenvalue weighted by Crippen LogP contribution is 2.13. The Morgan fingerprint density at radius 1 is 0.509 bits per heavy atom. The molecular formula is C34H66N8O11. The van der Waals surface area contributed by atoms with Crippen LogP contribution in [0.15, 0.2) is 0 Å². The molecule has 4 atom stereocenters. The Bertz CT molecular complexity index is 1090. The topological polar surface area (TPSA) is 377 Å². The third kappa shape index (κ3) is 37.2. The normalized spacial score (nSPS) is 12.6. The second kappa shape index (κ2) is 34.7. The van der Waals surface area contributed by atoms with Crippen LogP contribution < -0.4 is 45.0 Å². The van der Waals surface area contributed by atoms with Gasteiger partial charge in [-0.2, -0.15) is 0 Å². The number of carboxylic acid groups (broad SMARTS) is 3. The van der Waals surface area contributed by atoms with E-state index in [0.29, 0.717) is 25.8 Å². The molecule has 0 saturated heterocycles. The first-order chi connectivity index (χ1) is 24.9. The van der Waals surface area contributed by atoms with Crippen LogP contribution in [0.4, 0.5) is 0 Å². The molecule has 0 aromatic heterocycles. The molecule has 0 aromatic carbocycles. The smallest absolute Gasteiger partial charge is 0.326 e. The van der Waals surface area contributed by atoms with E-state index in [1.807, 2.05) is 5.32 Å². The van der Waals surface area contributed by atoms with Gasteiger partial charge in [-0.3, -0.25) is 28.8 Å². The lowest BCUT2D eigenvalue weighted by Gasteiger charge is -2.17. The van der Waals surface area contributed by atoms with E-state index in [0.717, 1.165) is 12.8 Å². The minimum atomic E-state index is -1.47. The van der Waals surface area contributed by atoms with Crippen molar-refractivity contribution in [1.82, 2.24) is 10.6 Å². The number of rotatable bonds is 30. The van der Waals surface area contributed by atoms with Gasteiger partial charge in [0.15, 0.2) is 0 Å². The fourth-order valence-electron chi connectivity index (χ4n) is 4.62. The summed E-state index contributed by atoms with van der Waals surface area (Å²) in [6.45, 7) is 2.72.